The Balaban J connectivity index is 1.71. The number of rotatable bonds is 3. The number of hydrogen-bond acceptors (Lipinski definition) is 2. The maximum absolute atomic E-state index is 12.6. The van der Waals surface area contributed by atoms with Gasteiger partial charge in [0, 0.05) is 18.6 Å². The first-order valence-electron chi connectivity index (χ1n) is 7.42. The zero-order valence-corrected chi connectivity index (χ0v) is 12.1. The lowest BCUT2D eigenvalue weighted by atomic mass is 10.0. The fourth-order valence-electron chi connectivity index (χ4n) is 3.79. The lowest BCUT2D eigenvalue weighted by Crippen LogP contribution is -2.53. The predicted octanol–water partition coefficient (Wildman–Crippen LogP) is 2.16. The summed E-state index contributed by atoms with van der Waals surface area (Å²) in [7, 11) is 0. The second-order valence-electron chi connectivity index (χ2n) is 7.51. The molecule has 2 aliphatic carbocycles. The van der Waals surface area contributed by atoms with Gasteiger partial charge in [-0.1, -0.05) is 27.7 Å². The second kappa shape index (κ2) is 3.72. The molecule has 1 N–H and O–H groups in total. The Bertz CT molecular complexity index is 357. The molecule has 3 aliphatic rings. The first kappa shape index (κ1) is 12.5. The summed E-state index contributed by atoms with van der Waals surface area (Å²) in [5, 5.41) is 3.52. The molecule has 3 heteroatoms. The minimum absolute atomic E-state index is 0.0958. The van der Waals surface area contributed by atoms with Crippen molar-refractivity contribution in [1.29, 1.82) is 0 Å². The Labute approximate surface area is 110 Å². The summed E-state index contributed by atoms with van der Waals surface area (Å²) < 4.78 is 0. The third-order valence-corrected chi connectivity index (χ3v) is 5.74. The van der Waals surface area contributed by atoms with Crippen LogP contribution in [0.1, 0.15) is 53.4 Å². The van der Waals surface area contributed by atoms with Crippen molar-refractivity contribution in [2.45, 2.75) is 71.5 Å². The molecule has 0 radical (unpaired) electrons. The molecule has 1 saturated heterocycles. The zero-order chi connectivity index (χ0) is 13.1. The summed E-state index contributed by atoms with van der Waals surface area (Å²) in [6.45, 7) is 10.1. The van der Waals surface area contributed by atoms with Crippen molar-refractivity contribution in [3.05, 3.63) is 0 Å². The summed E-state index contributed by atoms with van der Waals surface area (Å²) >= 11 is 0. The van der Waals surface area contributed by atoms with Gasteiger partial charge < -0.3 is 10.2 Å². The summed E-state index contributed by atoms with van der Waals surface area (Å²) in [5.74, 6) is 0.358. The molecule has 3 fully saturated rings. The van der Waals surface area contributed by atoms with Gasteiger partial charge in [0.05, 0.1) is 6.04 Å². The third-order valence-electron chi connectivity index (χ3n) is 5.74. The van der Waals surface area contributed by atoms with Crippen LogP contribution in [0.25, 0.3) is 0 Å². The SMILES string of the molecule is CC1(C)C(N2CCCC(NC3CC3)C2=O)C1(C)C. The average molecular weight is 250 g/mol. The van der Waals surface area contributed by atoms with E-state index in [1.807, 2.05) is 0 Å². The zero-order valence-electron chi connectivity index (χ0n) is 12.1. The van der Waals surface area contributed by atoms with Crippen molar-refractivity contribution >= 4 is 5.91 Å². The minimum atomic E-state index is 0.0958. The molecular weight excluding hydrogens is 224 g/mol. The van der Waals surface area contributed by atoms with Crippen molar-refractivity contribution in [3.63, 3.8) is 0 Å². The molecule has 102 valence electrons. The Hall–Kier alpha value is -0.570. The number of amides is 1. The standard InChI is InChI=1S/C15H26N2O/c1-14(2)13(15(14,3)4)17-9-5-6-11(12(17)18)16-10-7-8-10/h10-11,13,16H,5-9H2,1-4H3. The van der Waals surface area contributed by atoms with E-state index in [4.69, 9.17) is 0 Å². The monoisotopic (exact) mass is 250 g/mol. The number of nitrogens with one attached hydrogen (secondary N) is 1. The van der Waals surface area contributed by atoms with Crippen LogP contribution >= 0.6 is 0 Å². The number of hydrogen-bond donors (Lipinski definition) is 1. The topological polar surface area (TPSA) is 32.3 Å². The van der Waals surface area contributed by atoms with Crippen LogP contribution in [0.3, 0.4) is 0 Å². The summed E-state index contributed by atoms with van der Waals surface area (Å²) in [6, 6.07) is 1.15. The fourth-order valence-corrected chi connectivity index (χ4v) is 3.79. The number of carbonyl (C=O) groups excluding carboxylic acids is 1. The van der Waals surface area contributed by atoms with Crippen LogP contribution < -0.4 is 5.32 Å². The average Bonchev–Trinajstić information content (AvgIpc) is 3.13. The molecule has 1 atom stereocenters. The smallest absolute Gasteiger partial charge is 0.240 e. The summed E-state index contributed by atoms with van der Waals surface area (Å²) in [4.78, 5) is 14.8. The van der Waals surface area contributed by atoms with E-state index >= 15 is 0 Å². The van der Waals surface area contributed by atoms with Gasteiger partial charge in [-0.2, -0.15) is 0 Å². The highest BCUT2D eigenvalue weighted by Gasteiger charge is 2.68. The van der Waals surface area contributed by atoms with Gasteiger partial charge >= 0.3 is 0 Å². The molecular formula is C15H26N2O. The minimum Gasteiger partial charge on any atom is -0.337 e. The molecule has 0 aromatic carbocycles. The molecule has 1 aliphatic heterocycles. The van der Waals surface area contributed by atoms with E-state index in [1.165, 1.54) is 12.8 Å². The van der Waals surface area contributed by atoms with E-state index in [2.05, 4.69) is 37.9 Å². The van der Waals surface area contributed by atoms with E-state index < -0.39 is 0 Å². The van der Waals surface area contributed by atoms with E-state index in [0.717, 1.165) is 19.4 Å². The van der Waals surface area contributed by atoms with E-state index in [-0.39, 0.29) is 16.9 Å². The highest BCUT2D eigenvalue weighted by atomic mass is 16.2. The van der Waals surface area contributed by atoms with Gasteiger partial charge in [0.1, 0.15) is 0 Å². The van der Waals surface area contributed by atoms with E-state index in [1.54, 1.807) is 0 Å². The van der Waals surface area contributed by atoms with Crippen LogP contribution in [0.4, 0.5) is 0 Å². The van der Waals surface area contributed by atoms with Crippen LogP contribution in [0, 0.1) is 10.8 Å². The van der Waals surface area contributed by atoms with Crippen molar-refractivity contribution in [2.75, 3.05) is 6.54 Å². The number of carbonyl (C=O) groups is 1. The molecule has 3 rings (SSSR count). The molecule has 1 heterocycles. The first-order chi connectivity index (χ1) is 8.35. The van der Waals surface area contributed by atoms with Crippen molar-refractivity contribution in [3.8, 4) is 0 Å². The quantitative estimate of drug-likeness (QED) is 0.832. The van der Waals surface area contributed by atoms with E-state index in [9.17, 15) is 4.79 Å². The molecule has 0 aromatic heterocycles. The van der Waals surface area contributed by atoms with Crippen LogP contribution in [-0.2, 0) is 4.79 Å². The maximum atomic E-state index is 12.6. The second-order valence-corrected chi connectivity index (χ2v) is 7.51. The molecule has 2 saturated carbocycles. The Morgan fingerprint density at radius 3 is 2.22 bits per heavy atom. The lowest BCUT2D eigenvalue weighted by molar-refractivity contribution is -0.137. The molecule has 18 heavy (non-hydrogen) atoms. The van der Waals surface area contributed by atoms with Crippen molar-refractivity contribution in [1.82, 2.24) is 10.2 Å². The normalized spacial score (nSPS) is 34.8. The molecule has 0 spiro atoms. The highest BCUT2D eigenvalue weighted by molar-refractivity contribution is 5.83. The van der Waals surface area contributed by atoms with Gasteiger partial charge in [0.15, 0.2) is 0 Å². The Morgan fingerprint density at radius 2 is 1.72 bits per heavy atom. The van der Waals surface area contributed by atoms with Gasteiger partial charge in [0.2, 0.25) is 5.91 Å². The molecule has 1 amide bonds. The fraction of sp³-hybridized carbons (Fsp3) is 0.933. The summed E-state index contributed by atoms with van der Waals surface area (Å²) in [6.07, 6.45) is 4.69. The van der Waals surface area contributed by atoms with Crippen LogP contribution in [-0.4, -0.2) is 35.5 Å². The number of likely N-dealkylation sites (tertiary alicyclic amines) is 1. The Kier molecular flexibility index (Phi) is 2.58. The summed E-state index contributed by atoms with van der Waals surface area (Å²) in [5.41, 5.74) is 0.536. The van der Waals surface area contributed by atoms with E-state index in [0.29, 0.717) is 18.0 Å². The molecule has 0 bridgehead atoms. The number of nitrogens with zero attached hydrogens (tertiary/aromatic N) is 1. The van der Waals surface area contributed by atoms with Gasteiger partial charge in [-0.15, -0.1) is 0 Å². The highest BCUT2D eigenvalue weighted by Crippen LogP contribution is 2.65. The first-order valence-corrected chi connectivity index (χ1v) is 7.42. The van der Waals surface area contributed by atoms with Crippen LogP contribution in [0.5, 0.6) is 0 Å². The van der Waals surface area contributed by atoms with Gasteiger partial charge in [-0.3, -0.25) is 4.79 Å². The largest absolute Gasteiger partial charge is 0.337 e. The predicted molar refractivity (Wildman–Crippen MR) is 72.2 cm³/mol. The van der Waals surface area contributed by atoms with Crippen molar-refractivity contribution in [2.24, 2.45) is 10.8 Å². The van der Waals surface area contributed by atoms with Crippen molar-refractivity contribution < 1.29 is 4.79 Å². The lowest BCUT2D eigenvalue weighted by Gasteiger charge is -2.34. The molecule has 1 unspecified atom stereocenters. The van der Waals surface area contributed by atoms with Gasteiger partial charge in [0.25, 0.3) is 0 Å². The molecule has 3 nitrogen and oxygen atoms in total. The van der Waals surface area contributed by atoms with Gasteiger partial charge in [-0.25, -0.2) is 0 Å². The Morgan fingerprint density at radius 1 is 1.11 bits per heavy atom. The van der Waals surface area contributed by atoms with Crippen LogP contribution in [0.2, 0.25) is 0 Å². The van der Waals surface area contributed by atoms with Crippen LogP contribution in [0.15, 0.2) is 0 Å². The maximum Gasteiger partial charge on any atom is 0.240 e. The molecule has 0 aromatic rings. The van der Waals surface area contributed by atoms with Gasteiger partial charge in [-0.05, 0) is 36.5 Å². The third kappa shape index (κ3) is 1.70. The number of piperidine rings is 1.